The average Bonchev–Trinajstić information content (AvgIpc) is 2.63. The molecule has 0 saturated carbocycles. The quantitative estimate of drug-likeness (QED) is 0.241. The smallest absolute Gasteiger partial charge is 0.350 e. The van der Waals surface area contributed by atoms with Crippen LogP contribution in [0.4, 0.5) is 11.4 Å². The van der Waals surface area contributed by atoms with Gasteiger partial charge in [0.05, 0.1) is 11.0 Å². The lowest BCUT2D eigenvalue weighted by atomic mass is 10.2. The Balaban J connectivity index is 1.87. The number of non-ortho nitro benzene ring substituents is 1. The van der Waals surface area contributed by atoms with Crippen molar-refractivity contribution in [2.75, 3.05) is 5.32 Å². The lowest BCUT2D eigenvalue weighted by molar-refractivity contribution is -0.384. The van der Waals surface area contributed by atoms with Gasteiger partial charge in [-0.2, -0.15) is 0 Å². The maximum absolute atomic E-state index is 12.0. The summed E-state index contributed by atoms with van der Waals surface area (Å²) < 4.78 is 15.7. The van der Waals surface area contributed by atoms with Gasteiger partial charge in [-0.05, 0) is 30.7 Å². The second-order valence-corrected chi connectivity index (χ2v) is 7.27. The minimum absolute atomic E-state index is 0.168. The van der Waals surface area contributed by atoms with E-state index < -0.39 is 22.6 Å². The van der Waals surface area contributed by atoms with Crippen molar-refractivity contribution in [1.29, 1.82) is 0 Å². The highest BCUT2D eigenvalue weighted by molar-refractivity contribution is 6.31. The molecule has 1 saturated heterocycles. The minimum Gasteiger partial charge on any atom is -0.457 e. The molecule has 9 nitrogen and oxygen atoms in total. The molecule has 1 aliphatic rings. The van der Waals surface area contributed by atoms with E-state index in [9.17, 15) is 19.7 Å². The summed E-state index contributed by atoms with van der Waals surface area (Å²) in [5, 5.41) is 14.5. The van der Waals surface area contributed by atoms with E-state index >= 15 is 0 Å². The number of carbonyl (C=O) groups is 2. The van der Waals surface area contributed by atoms with Gasteiger partial charge in [-0.1, -0.05) is 11.6 Å². The fourth-order valence-corrected chi connectivity index (χ4v) is 2.70. The molecule has 10 heteroatoms. The Morgan fingerprint density at radius 3 is 2.37 bits per heavy atom. The minimum atomic E-state index is -1.37. The standard InChI is InChI=1S/C20H17ClN2O7/c1-11-6-14(4-5-17(11)21)28-15-8-12(7-13(9-15)23(26)27)22-10-16-18(24)29-20(2,3)30-19(16)25/h4-10,22H,1-3H3. The lowest BCUT2D eigenvalue weighted by Gasteiger charge is -2.29. The Morgan fingerprint density at radius 2 is 1.77 bits per heavy atom. The van der Waals surface area contributed by atoms with Crippen LogP contribution in [-0.4, -0.2) is 22.6 Å². The summed E-state index contributed by atoms with van der Waals surface area (Å²) in [7, 11) is 0. The van der Waals surface area contributed by atoms with E-state index in [-0.39, 0.29) is 22.7 Å². The average molecular weight is 433 g/mol. The van der Waals surface area contributed by atoms with Gasteiger partial charge in [-0.25, -0.2) is 9.59 Å². The third kappa shape index (κ3) is 4.87. The van der Waals surface area contributed by atoms with E-state index in [1.807, 2.05) is 0 Å². The fourth-order valence-electron chi connectivity index (χ4n) is 2.58. The molecule has 0 bridgehead atoms. The zero-order valence-electron chi connectivity index (χ0n) is 16.2. The number of hydrogen-bond donors (Lipinski definition) is 1. The molecule has 0 atom stereocenters. The summed E-state index contributed by atoms with van der Waals surface area (Å²) in [5.41, 5.74) is 0.355. The number of aryl methyl sites for hydroxylation is 1. The van der Waals surface area contributed by atoms with Gasteiger partial charge in [0.15, 0.2) is 5.57 Å². The number of esters is 2. The van der Waals surface area contributed by atoms with Gasteiger partial charge in [0.2, 0.25) is 0 Å². The predicted octanol–water partition coefficient (Wildman–Crippen LogP) is 4.48. The van der Waals surface area contributed by atoms with Gasteiger partial charge >= 0.3 is 11.9 Å². The molecule has 1 aliphatic heterocycles. The molecule has 0 radical (unpaired) electrons. The summed E-state index contributed by atoms with van der Waals surface area (Å²) in [5.74, 6) is -2.51. The normalized spacial score (nSPS) is 15.1. The molecule has 0 unspecified atom stereocenters. The first-order valence-electron chi connectivity index (χ1n) is 8.71. The van der Waals surface area contributed by atoms with Gasteiger partial charge in [0.1, 0.15) is 11.5 Å². The van der Waals surface area contributed by atoms with Crippen LogP contribution in [0.1, 0.15) is 19.4 Å². The van der Waals surface area contributed by atoms with Crippen LogP contribution >= 0.6 is 11.6 Å². The lowest BCUT2D eigenvalue weighted by Crippen LogP contribution is -2.42. The Hall–Kier alpha value is -3.59. The van der Waals surface area contributed by atoms with Gasteiger partial charge in [-0.15, -0.1) is 0 Å². The first-order chi connectivity index (χ1) is 14.0. The number of ether oxygens (including phenoxy) is 3. The van der Waals surface area contributed by atoms with E-state index in [0.717, 1.165) is 11.8 Å². The monoisotopic (exact) mass is 432 g/mol. The summed E-state index contributed by atoms with van der Waals surface area (Å²) in [6.45, 7) is 4.65. The SMILES string of the molecule is Cc1cc(Oc2cc(NC=C3C(=O)OC(C)(C)OC3=O)cc([N+](=O)[O-])c2)ccc1Cl. The second-order valence-electron chi connectivity index (χ2n) is 6.87. The van der Waals surface area contributed by atoms with Crippen LogP contribution in [0.25, 0.3) is 0 Å². The molecular weight excluding hydrogens is 416 g/mol. The van der Waals surface area contributed by atoms with Crippen molar-refractivity contribution in [3.63, 3.8) is 0 Å². The molecule has 0 amide bonds. The first kappa shape index (κ1) is 21.1. The number of benzene rings is 2. The van der Waals surface area contributed by atoms with Crippen molar-refractivity contribution in [3.8, 4) is 11.5 Å². The number of nitrogens with one attached hydrogen (secondary N) is 1. The highest BCUT2D eigenvalue weighted by Gasteiger charge is 2.38. The van der Waals surface area contributed by atoms with Gasteiger partial charge in [0, 0.05) is 42.9 Å². The predicted molar refractivity (Wildman–Crippen MR) is 107 cm³/mol. The van der Waals surface area contributed by atoms with Gasteiger partial charge < -0.3 is 19.5 Å². The topological polar surface area (TPSA) is 117 Å². The zero-order valence-corrected chi connectivity index (χ0v) is 17.0. The van der Waals surface area contributed by atoms with Crippen LogP contribution in [0.2, 0.25) is 5.02 Å². The number of hydrogen-bond acceptors (Lipinski definition) is 8. The Labute approximate surface area is 176 Å². The summed E-state index contributed by atoms with van der Waals surface area (Å²) in [4.78, 5) is 34.7. The van der Waals surface area contributed by atoms with Crippen molar-refractivity contribution in [1.82, 2.24) is 0 Å². The van der Waals surface area contributed by atoms with Crippen LogP contribution < -0.4 is 10.1 Å². The molecule has 0 spiro atoms. The van der Waals surface area contributed by atoms with E-state index in [0.29, 0.717) is 10.8 Å². The van der Waals surface area contributed by atoms with Crippen LogP contribution in [-0.2, 0) is 19.1 Å². The molecule has 2 aromatic rings. The number of rotatable bonds is 5. The third-order valence-corrected chi connectivity index (χ3v) is 4.39. The molecule has 1 N–H and O–H groups in total. The van der Waals surface area contributed by atoms with E-state index in [1.54, 1.807) is 25.1 Å². The highest BCUT2D eigenvalue weighted by atomic mass is 35.5. The number of cyclic esters (lactones) is 2. The number of anilines is 1. The van der Waals surface area contributed by atoms with E-state index in [4.69, 9.17) is 25.8 Å². The Bertz CT molecular complexity index is 1060. The molecule has 30 heavy (non-hydrogen) atoms. The van der Waals surface area contributed by atoms with Crippen molar-refractivity contribution >= 4 is 34.9 Å². The van der Waals surface area contributed by atoms with Gasteiger partial charge in [-0.3, -0.25) is 10.1 Å². The molecular formula is C20H17ClN2O7. The number of carbonyl (C=O) groups excluding carboxylic acids is 2. The van der Waals surface area contributed by atoms with Crippen LogP contribution in [0.5, 0.6) is 11.5 Å². The number of nitro benzene ring substituents is 1. The van der Waals surface area contributed by atoms with Crippen LogP contribution in [0, 0.1) is 17.0 Å². The maximum atomic E-state index is 12.0. The summed E-state index contributed by atoms with van der Waals surface area (Å²) in [6.07, 6.45) is 1.06. The molecule has 2 aromatic carbocycles. The summed E-state index contributed by atoms with van der Waals surface area (Å²) in [6, 6.07) is 8.89. The van der Waals surface area contributed by atoms with Crippen LogP contribution in [0.15, 0.2) is 48.2 Å². The number of nitro groups is 1. The van der Waals surface area contributed by atoms with Crippen LogP contribution in [0.3, 0.4) is 0 Å². The molecule has 0 aromatic heterocycles. The van der Waals surface area contributed by atoms with Crippen molar-refractivity contribution in [3.05, 3.63) is 68.9 Å². The number of halogens is 1. The zero-order chi connectivity index (χ0) is 22.1. The second kappa shape index (κ2) is 8.03. The Kier molecular flexibility index (Phi) is 5.66. The molecule has 156 valence electrons. The van der Waals surface area contributed by atoms with Crippen molar-refractivity contribution in [2.24, 2.45) is 0 Å². The molecule has 1 heterocycles. The largest absolute Gasteiger partial charge is 0.457 e. The van der Waals surface area contributed by atoms with Crippen molar-refractivity contribution < 1.29 is 28.7 Å². The van der Waals surface area contributed by atoms with Gasteiger partial charge in [0.25, 0.3) is 11.5 Å². The highest BCUT2D eigenvalue weighted by Crippen LogP contribution is 2.31. The van der Waals surface area contributed by atoms with Crippen molar-refractivity contribution in [2.45, 2.75) is 26.6 Å². The number of nitrogens with zero attached hydrogens (tertiary/aromatic N) is 1. The van der Waals surface area contributed by atoms with E-state index in [2.05, 4.69) is 5.32 Å². The molecule has 0 aliphatic carbocycles. The summed E-state index contributed by atoms with van der Waals surface area (Å²) >= 11 is 6.00. The fraction of sp³-hybridized carbons (Fsp3) is 0.200. The molecule has 1 fully saturated rings. The first-order valence-corrected chi connectivity index (χ1v) is 9.09. The third-order valence-electron chi connectivity index (χ3n) is 3.97. The maximum Gasteiger partial charge on any atom is 0.350 e. The van der Waals surface area contributed by atoms with E-state index in [1.165, 1.54) is 32.0 Å². The Morgan fingerprint density at radius 1 is 1.10 bits per heavy atom. The molecule has 3 rings (SSSR count).